The van der Waals surface area contributed by atoms with Crippen LogP contribution in [-0.4, -0.2) is 27.9 Å². The van der Waals surface area contributed by atoms with Crippen molar-refractivity contribution in [1.29, 1.82) is 0 Å². The van der Waals surface area contributed by atoms with Crippen LogP contribution in [0.1, 0.15) is 71.0 Å². The zero-order valence-corrected chi connectivity index (χ0v) is 16.1. The number of rotatable bonds is 4. The van der Waals surface area contributed by atoms with Crippen molar-refractivity contribution in [2.75, 3.05) is 0 Å². The molecule has 6 heteroatoms. The number of amides is 1. The molecule has 1 amide bonds. The Labute approximate surface area is 162 Å². The molecule has 0 aliphatic heterocycles. The van der Waals surface area contributed by atoms with Gasteiger partial charge < -0.3 is 10.0 Å². The highest BCUT2D eigenvalue weighted by atomic mass is 35.5. The van der Waals surface area contributed by atoms with Crippen LogP contribution in [0.15, 0.2) is 36.4 Å². The fraction of sp³-hybridized carbons (Fsp3) is 0.333. The molecule has 0 saturated heterocycles. The molecule has 0 heterocycles. The summed E-state index contributed by atoms with van der Waals surface area (Å²) in [5, 5.41) is 9.13. The quantitative estimate of drug-likeness (QED) is 0.774. The van der Waals surface area contributed by atoms with Gasteiger partial charge in [0.25, 0.3) is 5.91 Å². The van der Waals surface area contributed by atoms with Gasteiger partial charge in [0, 0.05) is 6.04 Å². The number of carbonyl (C=O) groups excluding carboxylic acids is 1. The average Bonchev–Trinajstić information content (AvgIpc) is 2.93. The van der Waals surface area contributed by atoms with E-state index in [1.54, 1.807) is 17.0 Å². The number of carboxylic acid groups (broad SMARTS) is 1. The van der Waals surface area contributed by atoms with Crippen LogP contribution in [0.2, 0.25) is 5.02 Å². The zero-order chi connectivity index (χ0) is 19.9. The third-order valence-corrected chi connectivity index (χ3v) is 5.49. The molecular formula is C21H21ClFNO3. The van der Waals surface area contributed by atoms with E-state index >= 15 is 0 Å². The van der Waals surface area contributed by atoms with Crippen molar-refractivity contribution < 1.29 is 19.1 Å². The monoisotopic (exact) mass is 389 g/mol. The number of aromatic carboxylic acids is 1. The molecule has 0 saturated carbocycles. The van der Waals surface area contributed by atoms with Gasteiger partial charge in [-0.3, -0.25) is 4.79 Å². The van der Waals surface area contributed by atoms with Gasteiger partial charge in [0.2, 0.25) is 0 Å². The summed E-state index contributed by atoms with van der Waals surface area (Å²) in [5.41, 5.74) is 2.17. The van der Waals surface area contributed by atoms with Crippen LogP contribution in [0.25, 0.3) is 0 Å². The van der Waals surface area contributed by atoms with Crippen LogP contribution in [0.4, 0.5) is 4.39 Å². The fourth-order valence-electron chi connectivity index (χ4n) is 3.84. The van der Waals surface area contributed by atoms with Crippen LogP contribution in [0, 0.1) is 5.82 Å². The topological polar surface area (TPSA) is 57.6 Å². The van der Waals surface area contributed by atoms with Gasteiger partial charge in [-0.25, -0.2) is 9.18 Å². The van der Waals surface area contributed by atoms with E-state index in [2.05, 4.69) is 6.92 Å². The summed E-state index contributed by atoms with van der Waals surface area (Å²) in [6.45, 7) is 5.82. The van der Waals surface area contributed by atoms with Crippen molar-refractivity contribution in [3.05, 3.63) is 69.5 Å². The van der Waals surface area contributed by atoms with Crippen LogP contribution >= 0.6 is 11.6 Å². The second-order valence-corrected chi connectivity index (χ2v) is 7.59. The van der Waals surface area contributed by atoms with Gasteiger partial charge in [-0.15, -0.1) is 0 Å². The Morgan fingerprint density at radius 3 is 2.56 bits per heavy atom. The second kappa shape index (κ2) is 7.31. The van der Waals surface area contributed by atoms with Gasteiger partial charge in [-0.1, -0.05) is 30.7 Å². The number of fused-ring (bicyclic) bond motifs is 1. The maximum Gasteiger partial charge on any atom is 0.335 e. The van der Waals surface area contributed by atoms with E-state index < -0.39 is 11.8 Å². The van der Waals surface area contributed by atoms with Crippen LogP contribution in [0.3, 0.4) is 0 Å². The summed E-state index contributed by atoms with van der Waals surface area (Å²) in [6.07, 6.45) is 0.676. The average molecular weight is 390 g/mol. The summed E-state index contributed by atoms with van der Waals surface area (Å²) < 4.78 is 13.9. The molecule has 27 heavy (non-hydrogen) atoms. The molecular weight excluding hydrogens is 369 g/mol. The van der Waals surface area contributed by atoms with E-state index in [9.17, 15) is 19.1 Å². The summed E-state index contributed by atoms with van der Waals surface area (Å²) in [7, 11) is 0. The molecule has 0 radical (unpaired) electrons. The standard InChI is InChI=1S/C21H21ClFNO3/c1-11(2)24(20(25)15-5-4-6-17(23)19(15)22)18-9-12(3)14-8-7-13(21(26)27)10-16(14)18/h4-8,10-12,18H,9H2,1-3H3,(H,26,27)/t12-,18?/m1/s1. The maximum absolute atomic E-state index is 13.9. The molecule has 0 aromatic heterocycles. The van der Waals surface area contributed by atoms with Crippen molar-refractivity contribution in [3.63, 3.8) is 0 Å². The minimum atomic E-state index is -1.01. The van der Waals surface area contributed by atoms with E-state index in [0.29, 0.717) is 6.42 Å². The molecule has 2 atom stereocenters. The summed E-state index contributed by atoms with van der Waals surface area (Å²) in [4.78, 5) is 26.3. The first-order valence-corrected chi connectivity index (χ1v) is 9.24. The normalized spacial score (nSPS) is 18.4. The molecule has 3 rings (SSSR count). The van der Waals surface area contributed by atoms with E-state index in [-0.39, 0.29) is 40.1 Å². The maximum atomic E-state index is 13.9. The third-order valence-electron chi connectivity index (χ3n) is 5.11. The van der Waals surface area contributed by atoms with Crippen molar-refractivity contribution in [3.8, 4) is 0 Å². The molecule has 1 aliphatic carbocycles. The minimum absolute atomic E-state index is 0.112. The lowest BCUT2D eigenvalue weighted by Gasteiger charge is -2.34. The van der Waals surface area contributed by atoms with Crippen LogP contribution < -0.4 is 0 Å². The number of nitrogens with zero attached hydrogens (tertiary/aromatic N) is 1. The lowest BCUT2D eigenvalue weighted by molar-refractivity contribution is 0.0601. The number of hydrogen-bond donors (Lipinski definition) is 1. The molecule has 0 bridgehead atoms. The van der Waals surface area contributed by atoms with Crippen molar-refractivity contribution in [2.24, 2.45) is 0 Å². The highest BCUT2D eigenvalue weighted by molar-refractivity contribution is 6.34. The molecule has 142 valence electrons. The van der Waals surface area contributed by atoms with Crippen LogP contribution in [0.5, 0.6) is 0 Å². The first-order valence-electron chi connectivity index (χ1n) is 8.86. The van der Waals surface area contributed by atoms with Gasteiger partial charge in [-0.2, -0.15) is 0 Å². The smallest absolute Gasteiger partial charge is 0.335 e. The van der Waals surface area contributed by atoms with E-state index in [0.717, 1.165) is 11.1 Å². The Morgan fingerprint density at radius 2 is 1.93 bits per heavy atom. The molecule has 4 nitrogen and oxygen atoms in total. The van der Waals surface area contributed by atoms with Crippen molar-refractivity contribution >= 4 is 23.5 Å². The lowest BCUT2D eigenvalue weighted by Crippen LogP contribution is -2.39. The molecule has 1 N–H and O–H groups in total. The highest BCUT2D eigenvalue weighted by Crippen LogP contribution is 2.45. The highest BCUT2D eigenvalue weighted by Gasteiger charge is 2.37. The largest absolute Gasteiger partial charge is 0.478 e. The Hall–Kier alpha value is -2.40. The minimum Gasteiger partial charge on any atom is -0.478 e. The number of carboxylic acids is 1. The van der Waals surface area contributed by atoms with Crippen LogP contribution in [-0.2, 0) is 0 Å². The fourth-order valence-corrected chi connectivity index (χ4v) is 4.05. The Bertz CT molecular complexity index is 912. The Balaban J connectivity index is 2.07. The number of hydrogen-bond acceptors (Lipinski definition) is 2. The number of halogens is 2. The summed E-state index contributed by atoms with van der Waals surface area (Å²) in [5.74, 6) is -1.82. The Kier molecular flexibility index (Phi) is 5.24. The van der Waals surface area contributed by atoms with E-state index in [1.807, 2.05) is 19.9 Å². The first-order chi connectivity index (χ1) is 12.7. The predicted octanol–water partition coefficient (Wildman–Crippen LogP) is 5.28. The second-order valence-electron chi connectivity index (χ2n) is 7.21. The van der Waals surface area contributed by atoms with Gasteiger partial charge in [0.05, 0.1) is 22.2 Å². The van der Waals surface area contributed by atoms with Gasteiger partial charge >= 0.3 is 5.97 Å². The molecule has 1 aliphatic rings. The molecule has 2 aromatic carbocycles. The zero-order valence-electron chi connectivity index (χ0n) is 15.4. The van der Waals surface area contributed by atoms with E-state index in [1.165, 1.54) is 18.2 Å². The van der Waals surface area contributed by atoms with Crippen molar-refractivity contribution in [2.45, 2.75) is 45.2 Å². The van der Waals surface area contributed by atoms with Gasteiger partial charge in [0.15, 0.2) is 0 Å². The number of benzene rings is 2. The van der Waals surface area contributed by atoms with Crippen molar-refractivity contribution in [1.82, 2.24) is 4.90 Å². The molecule has 0 spiro atoms. The molecule has 1 unspecified atom stereocenters. The number of carbonyl (C=O) groups is 2. The summed E-state index contributed by atoms with van der Waals surface area (Å²) >= 11 is 6.04. The molecule has 2 aromatic rings. The third kappa shape index (κ3) is 3.44. The SMILES string of the molecule is CC(C)N(C(=O)c1cccc(F)c1Cl)C1C[C@@H](C)c2ccc(C(=O)O)cc21. The van der Waals surface area contributed by atoms with Gasteiger partial charge in [0.1, 0.15) is 5.82 Å². The lowest BCUT2D eigenvalue weighted by atomic mass is 10.0. The predicted molar refractivity (Wildman–Crippen MR) is 102 cm³/mol. The first kappa shape index (κ1) is 19.4. The van der Waals surface area contributed by atoms with Gasteiger partial charge in [-0.05, 0) is 61.6 Å². The Morgan fingerprint density at radius 1 is 1.22 bits per heavy atom. The van der Waals surface area contributed by atoms with E-state index in [4.69, 9.17) is 11.6 Å². The summed E-state index contributed by atoms with van der Waals surface area (Å²) in [6, 6.07) is 8.77. The molecule has 0 fully saturated rings.